The molecule has 0 aliphatic carbocycles. The largest absolute Gasteiger partial charge is 0.493 e. The zero-order valence-corrected chi connectivity index (χ0v) is 19.3. The van der Waals surface area contributed by atoms with Gasteiger partial charge < -0.3 is 23.2 Å². The van der Waals surface area contributed by atoms with E-state index in [-0.39, 0.29) is 5.92 Å². The zero-order chi connectivity index (χ0) is 23.9. The molecule has 1 atom stereocenters. The maximum atomic E-state index is 9.13. The number of methoxy groups -OCH3 is 2. The summed E-state index contributed by atoms with van der Waals surface area (Å²) in [5, 5.41) is 11.2. The molecule has 0 saturated carbocycles. The third-order valence-corrected chi connectivity index (χ3v) is 6.44. The van der Waals surface area contributed by atoms with Gasteiger partial charge in [0, 0.05) is 16.9 Å². The third kappa shape index (κ3) is 3.44. The summed E-state index contributed by atoms with van der Waals surface area (Å²) < 4.78 is 24.7. The molecule has 2 aromatic heterocycles. The highest BCUT2D eigenvalue weighted by atomic mass is 16.5. The Morgan fingerprint density at radius 3 is 2.63 bits per heavy atom. The van der Waals surface area contributed by atoms with Gasteiger partial charge in [0.25, 0.3) is 0 Å². The average Bonchev–Trinajstić information content (AvgIpc) is 3.42. The topological polar surface area (TPSA) is 82.5 Å². The molecule has 0 amide bonds. The van der Waals surface area contributed by atoms with Gasteiger partial charge in [-0.25, -0.2) is 4.98 Å². The zero-order valence-electron chi connectivity index (χ0n) is 19.3. The van der Waals surface area contributed by atoms with Crippen molar-refractivity contribution in [1.82, 2.24) is 9.55 Å². The summed E-state index contributed by atoms with van der Waals surface area (Å²) in [6.45, 7) is 0.398. The van der Waals surface area contributed by atoms with Gasteiger partial charge in [0.1, 0.15) is 23.3 Å². The van der Waals surface area contributed by atoms with Crippen molar-refractivity contribution in [1.29, 1.82) is 5.41 Å². The van der Waals surface area contributed by atoms with Crippen molar-refractivity contribution < 1.29 is 18.6 Å². The predicted molar refractivity (Wildman–Crippen MR) is 130 cm³/mol. The minimum absolute atomic E-state index is 0.290. The molecule has 1 aliphatic heterocycles. The van der Waals surface area contributed by atoms with Crippen LogP contribution in [-0.4, -0.2) is 23.8 Å². The van der Waals surface area contributed by atoms with Gasteiger partial charge in [-0.3, -0.25) is 5.41 Å². The molecule has 0 spiro atoms. The summed E-state index contributed by atoms with van der Waals surface area (Å²) in [5.41, 5.74) is 2.92. The highest BCUT2D eigenvalue weighted by Crippen LogP contribution is 2.48. The summed E-state index contributed by atoms with van der Waals surface area (Å²) in [7, 11) is 3.24. The fourth-order valence-electron chi connectivity index (χ4n) is 4.77. The lowest BCUT2D eigenvalue weighted by Crippen LogP contribution is -2.30. The van der Waals surface area contributed by atoms with E-state index in [1.807, 2.05) is 48.5 Å². The Morgan fingerprint density at radius 1 is 0.971 bits per heavy atom. The molecule has 0 bridgehead atoms. The molecule has 7 heteroatoms. The molecular weight excluding hydrogens is 442 g/mol. The van der Waals surface area contributed by atoms with Gasteiger partial charge in [-0.1, -0.05) is 42.5 Å². The molecule has 174 valence electrons. The molecule has 3 heterocycles. The normalized spacial score (nSPS) is 14.2. The van der Waals surface area contributed by atoms with Gasteiger partial charge in [0.05, 0.1) is 32.6 Å². The van der Waals surface area contributed by atoms with Crippen molar-refractivity contribution >= 4 is 10.8 Å². The molecular formula is C28H23N3O4. The molecule has 1 aliphatic rings. The van der Waals surface area contributed by atoms with Crippen LogP contribution in [0.2, 0.25) is 0 Å². The quantitative estimate of drug-likeness (QED) is 0.366. The van der Waals surface area contributed by atoms with Crippen LogP contribution in [0.5, 0.6) is 23.1 Å². The van der Waals surface area contributed by atoms with E-state index in [0.29, 0.717) is 35.0 Å². The minimum Gasteiger partial charge on any atom is -0.493 e. The number of aromatic nitrogens is 2. The Balaban J connectivity index is 1.60. The predicted octanol–water partition coefficient (Wildman–Crippen LogP) is 5.46. The van der Waals surface area contributed by atoms with Crippen molar-refractivity contribution in [3.63, 3.8) is 0 Å². The first-order valence-corrected chi connectivity index (χ1v) is 11.3. The summed E-state index contributed by atoms with van der Waals surface area (Å²) in [6.07, 6.45) is 3.26. The number of benzene rings is 3. The Labute approximate surface area is 201 Å². The highest BCUT2D eigenvalue weighted by molar-refractivity contribution is 5.91. The van der Waals surface area contributed by atoms with E-state index < -0.39 is 0 Å². The Bertz CT molecular complexity index is 1610. The van der Waals surface area contributed by atoms with Crippen LogP contribution in [-0.2, 0) is 6.54 Å². The summed E-state index contributed by atoms with van der Waals surface area (Å²) in [5.74, 6) is 2.91. The molecule has 6 rings (SSSR count). The molecule has 3 aromatic carbocycles. The van der Waals surface area contributed by atoms with E-state index in [2.05, 4.69) is 23.2 Å². The number of fused-ring (bicyclic) bond motifs is 4. The fraction of sp³-hybridized carbons (Fsp3) is 0.143. The summed E-state index contributed by atoms with van der Waals surface area (Å²) in [4.78, 5) is 4.64. The standard InChI is InChI=1S/C28H23N3O4/c1-32-22-12-10-18(14-23(22)33-2)24-21-11-9-17-6-3-4-8-20(17)26(21)35-28-25(24)27(29)31(16-30-28)15-19-7-5-13-34-19/h3-14,16,24,29H,15H2,1-2H3/t24-/m1/s1. The Hall–Kier alpha value is -4.52. The first-order valence-electron chi connectivity index (χ1n) is 11.3. The van der Waals surface area contributed by atoms with Crippen LogP contribution in [0.1, 0.15) is 28.4 Å². The number of furan rings is 1. The molecule has 0 radical (unpaired) electrons. The van der Waals surface area contributed by atoms with Crippen LogP contribution in [0.3, 0.4) is 0 Å². The SMILES string of the molecule is COc1ccc([C@@H]2c3ccc4ccccc4c3Oc3ncn(Cc4ccco4)c(=N)c32)cc1OC. The molecule has 5 aromatic rings. The van der Waals surface area contributed by atoms with Gasteiger partial charge in [-0.2, -0.15) is 0 Å². The van der Waals surface area contributed by atoms with Crippen molar-refractivity contribution in [3.05, 3.63) is 107 Å². The second-order valence-corrected chi connectivity index (χ2v) is 8.37. The molecule has 0 fully saturated rings. The van der Waals surface area contributed by atoms with Crippen LogP contribution in [0.4, 0.5) is 0 Å². The van der Waals surface area contributed by atoms with E-state index in [9.17, 15) is 0 Å². The average molecular weight is 466 g/mol. The minimum atomic E-state index is -0.290. The molecule has 35 heavy (non-hydrogen) atoms. The van der Waals surface area contributed by atoms with Gasteiger partial charge in [-0.05, 0) is 35.2 Å². The van der Waals surface area contributed by atoms with E-state index in [4.69, 9.17) is 24.0 Å². The second kappa shape index (κ2) is 8.36. The monoisotopic (exact) mass is 465 g/mol. The number of nitrogens with one attached hydrogen (secondary N) is 1. The van der Waals surface area contributed by atoms with Crippen LogP contribution >= 0.6 is 0 Å². The van der Waals surface area contributed by atoms with Crippen LogP contribution in [0.25, 0.3) is 10.8 Å². The maximum Gasteiger partial charge on any atom is 0.228 e. The molecule has 0 saturated heterocycles. The number of rotatable bonds is 5. The number of hydrogen-bond acceptors (Lipinski definition) is 6. The van der Waals surface area contributed by atoms with Gasteiger partial charge in [0.2, 0.25) is 5.88 Å². The van der Waals surface area contributed by atoms with Crippen molar-refractivity contribution in [2.75, 3.05) is 14.2 Å². The van der Waals surface area contributed by atoms with Crippen molar-refractivity contribution in [2.45, 2.75) is 12.5 Å². The summed E-state index contributed by atoms with van der Waals surface area (Å²) in [6, 6.07) is 21.9. The Kier molecular flexibility index (Phi) is 5.03. The van der Waals surface area contributed by atoms with Crippen LogP contribution in [0.15, 0.2) is 83.7 Å². The molecule has 0 unspecified atom stereocenters. The van der Waals surface area contributed by atoms with Gasteiger partial charge >= 0.3 is 0 Å². The van der Waals surface area contributed by atoms with Crippen molar-refractivity contribution in [2.24, 2.45) is 0 Å². The first-order chi connectivity index (χ1) is 17.2. The first kappa shape index (κ1) is 21.0. The molecule has 1 N–H and O–H groups in total. The van der Waals surface area contributed by atoms with E-state index >= 15 is 0 Å². The lowest BCUT2D eigenvalue weighted by Gasteiger charge is -2.29. The van der Waals surface area contributed by atoms with Crippen LogP contribution in [0, 0.1) is 5.41 Å². The van der Waals surface area contributed by atoms with Crippen LogP contribution < -0.4 is 19.7 Å². The second-order valence-electron chi connectivity index (χ2n) is 8.37. The third-order valence-electron chi connectivity index (χ3n) is 6.44. The lowest BCUT2D eigenvalue weighted by molar-refractivity contribution is 0.354. The molecule has 7 nitrogen and oxygen atoms in total. The van der Waals surface area contributed by atoms with Crippen molar-refractivity contribution in [3.8, 4) is 23.1 Å². The summed E-state index contributed by atoms with van der Waals surface area (Å²) >= 11 is 0. The Morgan fingerprint density at radius 2 is 1.83 bits per heavy atom. The van der Waals surface area contributed by atoms with Gasteiger partial charge in [0.15, 0.2) is 11.5 Å². The number of ether oxygens (including phenoxy) is 3. The van der Waals surface area contributed by atoms with E-state index in [1.165, 1.54) is 0 Å². The van der Waals surface area contributed by atoms with E-state index in [1.54, 1.807) is 31.4 Å². The number of hydrogen-bond donors (Lipinski definition) is 1. The van der Waals surface area contributed by atoms with E-state index in [0.717, 1.165) is 33.4 Å². The van der Waals surface area contributed by atoms with Gasteiger partial charge in [-0.15, -0.1) is 0 Å². The highest BCUT2D eigenvalue weighted by Gasteiger charge is 2.33. The maximum absolute atomic E-state index is 9.13. The number of nitrogens with zero attached hydrogens (tertiary/aromatic N) is 2. The smallest absolute Gasteiger partial charge is 0.228 e. The lowest BCUT2D eigenvalue weighted by atomic mass is 9.82. The fourth-order valence-corrected chi connectivity index (χ4v) is 4.77.